The Kier molecular flexibility index (Phi) is 5.04. The van der Waals surface area contributed by atoms with Gasteiger partial charge in [0, 0.05) is 24.0 Å². The first-order valence-corrected chi connectivity index (χ1v) is 6.71. The minimum Gasteiger partial charge on any atom is -0.345 e. The summed E-state index contributed by atoms with van der Waals surface area (Å²) in [5.41, 5.74) is 0.943. The van der Waals surface area contributed by atoms with Crippen LogP contribution in [0.25, 0.3) is 0 Å². The molecule has 0 radical (unpaired) electrons. The van der Waals surface area contributed by atoms with E-state index in [1.54, 1.807) is 7.05 Å². The van der Waals surface area contributed by atoms with Crippen molar-refractivity contribution in [3.05, 3.63) is 10.6 Å². The van der Waals surface area contributed by atoms with Crippen LogP contribution >= 0.6 is 11.3 Å². The van der Waals surface area contributed by atoms with Crippen LogP contribution in [0.5, 0.6) is 0 Å². The van der Waals surface area contributed by atoms with Gasteiger partial charge in [-0.3, -0.25) is 0 Å². The zero-order valence-electron chi connectivity index (χ0n) is 11.6. The molecular weight excluding hydrogens is 256 g/mol. The topological polar surface area (TPSA) is 28.2 Å². The Morgan fingerprint density at radius 3 is 2.50 bits per heavy atom. The van der Waals surface area contributed by atoms with Gasteiger partial charge in [-0.15, -0.1) is 11.3 Å². The van der Waals surface area contributed by atoms with Crippen molar-refractivity contribution in [1.29, 1.82) is 0 Å². The average molecular weight is 277 g/mol. The number of hydrogen-bond acceptors (Lipinski definition) is 4. The van der Waals surface area contributed by atoms with Crippen LogP contribution in [0.15, 0.2) is 0 Å². The van der Waals surface area contributed by atoms with E-state index in [0.29, 0.717) is 5.13 Å². The fourth-order valence-corrected chi connectivity index (χ4v) is 2.34. The number of alkyl halides is 2. The van der Waals surface area contributed by atoms with Gasteiger partial charge >= 0.3 is 0 Å². The molecule has 0 aliphatic rings. The van der Waals surface area contributed by atoms with Gasteiger partial charge in [0.05, 0.1) is 12.2 Å². The van der Waals surface area contributed by atoms with Crippen molar-refractivity contribution in [2.75, 3.05) is 18.5 Å². The first-order valence-electron chi connectivity index (χ1n) is 5.89. The summed E-state index contributed by atoms with van der Waals surface area (Å²) in [5.74, 6) is 0. The number of halogens is 2. The summed E-state index contributed by atoms with van der Waals surface area (Å²) in [7, 11) is 1.64. The van der Waals surface area contributed by atoms with Gasteiger partial charge in [-0.05, 0) is 27.7 Å². The molecule has 0 atom stereocenters. The van der Waals surface area contributed by atoms with E-state index in [1.807, 2.05) is 6.92 Å². The van der Waals surface area contributed by atoms with Gasteiger partial charge in [0.15, 0.2) is 5.13 Å². The summed E-state index contributed by atoms with van der Waals surface area (Å²) in [6, 6.07) is 0. The zero-order valence-corrected chi connectivity index (χ0v) is 12.4. The van der Waals surface area contributed by atoms with E-state index in [2.05, 4.69) is 31.1 Å². The number of aryl methyl sites for hydroxylation is 1. The summed E-state index contributed by atoms with van der Waals surface area (Å²) in [4.78, 5) is 6.94. The Labute approximate surface area is 111 Å². The molecule has 0 aliphatic heterocycles. The van der Waals surface area contributed by atoms with Gasteiger partial charge in [0.25, 0.3) is 6.43 Å². The quantitative estimate of drug-likeness (QED) is 0.896. The van der Waals surface area contributed by atoms with E-state index >= 15 is 0 Å². The Bertz CT molecular complexity index is 385. The van der Waals surface area contributed by atoms with Gasteiger partial charge in [0.1, 0.15) is 0 Å². The molecule has 3 nitrogen and oxygen atoms in total. The van der Waals surface area contributed by atoms with E-state index in [-0.39, 0.29) is 12.1 Å². The molecule has 0 saturated heterocycles. The molecule has 1 N–H and O–H groups in total. The highest BCUT2D eigenvalue weighted by Crippen LogP contribution is 2.26. The van der Waals surface area contributed by atoms with E-state index in [0.717, 1.165) is 17.1 Å². The second kappa shape index (κ2) is 5.93. The molecule has 0 aromatic carbocycles. The number of nitrogens with one attached hydrogen (secondary N) is 1. The van der Waals surface area contributed by atoms with Gasteiger partial charge in [-0.25, -0.2) is 13.8 Å². The van der Waals surface area contributed by atoms with Crippen molar-refractivity contribution in [3.8, 4) is 0 Å². The predicted molar refractivity (Wildman–Crippen MR) is 72.7 cm³/mol. The Balaban J connectivity index is 2.69. The minimum atomic E-state index is -2.34. The highest BCUT2D eigenvalue weighted by atomic mass is 32.1. The molecule has 1 aromatic rings. The molecule has 18 heavy (non-hydrogen) atoms. The molecule has 6 heteroatoms. The minimum absolute atomic E-state index is 0.0332. The van der Waals surface area contributed by atoms with Crippen LogP contribution in [0.4, 0.5) is 13.9 Å². The maximum Gasteiger partial charge on any atom is 0.255 e. The molecule has 0 amide bonds. The van der Waals surface area contributed by atoms with Crippen LogP contribution < -0.4 is 10.2 Å². The number of hydrogen-bond donors (Lipinski definition) is 1. The summed E-state index contributed by atoms with van der Waals surface area (Å²) in [6.45, 7) is 8.62. The van der Waals surface area contributed by atoms with Crippen LogP contribution in [0.1, 0.15) is 31.3 Å². The molecule has 0 spiro atoms. The van der Waals surface area contributed by atoms with E-state index in [9.17, 15) is 8.78 Å². The van der Waals surface area contributed by atoms with Crippen LogP contribution in [0.2, 0.25) is 0 Å². The average Bonchev–Trinajstić information content (AvgIpc) is 2.55. The predicted octanol–water partition coefficient (Wildman–Crippen LogP) is 3.04. The third-order valence-corrected chi connectivity index (χ3v) is 3.67. The van der Waals surface area contributed by atoms with Gasteiger partial charge in [-0.1, -0.05) is 0 Å². The lowest BCUT2D eigenvalue weighted by Gasteiger charge is -2.20. The summed E-state index contributed by atoms with van der Waals surface area (Å²) >= 11 is 1.47. The highest BCUT2D eigenvalue weighted by molar-refractivity contribution is 7.15. The molecular formula is C12H21F2N3S. The Morgan fingerprint density at radius 2 is 2.00 bits per heavy atom. The number of anilines is 1. The van der Waals surface area contributed by atoms with Gasteiger partial charge in [0.2, 0.25) is 0 Å². The highest BCUT2D eigenvalue weighted by Gasteiger charge is 2.16. The lowest BCUT2D eigenvalue weighted by atomic mass is 10.1. The van der Waals surface area contributed by atoms with Crippen molar-refractivity contribution in [2.24, 2.45) is 0 Å². The molecule has 104 valence electrons. The van der Waals surface area contributed by atoms with Crippen molar-refractivity contribution in [2.45, 2.75) is 46.2 Å². The molecule has 1 aromatic heterocycles. The fourth-order valence-electron chi connectivity index (χ4n) is 1.37. The third-order valence-electron chi connectivity index (χ3n) is 2.40. The third kappa shape index (κ3) is 4.86. The molecule has 0 aliphatic carbocycles. The van der Waals surface area contributed by atoms with E-state index in [4.69, 9.17) is 0 Å². The van der Waals surface area contributed by atoms with Crippen LogP contribution in [0, 0.1) is 6.92 Å². The molecule has 0 unspecified atom stereocenters. The van der Waals surface area contributed by atoms with Crippen molar-refractivity contribution in [1.82, 2.24) is 10.3 Å². The largest absolute Gasteiger partial charge is 0.345 e. The van der Waals surface area contributed by atoms with Gasteiger partial charge < -0.3 is 10.2 Å². The second-order valence-electron chi connectivity index (χ2n) is 5.38. The SMILES string of the molecule is Cc1nc(N(C)CC(F)F)sc1CNC(C)(C)C. The summed E-state index contributed by atoms with van der Waals surface area (Å²) in [6.07, 6.45) is -2.34. The molecule has 0 bridgehead atoms. The summed E-state index contributed by atoms with van der Waals surface area (Å²) < 4.78 is 24.6. The lowest BCUT2D eigenvalue weighted by Crippen LogP contribution is -2.34. The van der Waals surface area contributed by atoms with E-state index < -0.39 is 6.43 Å². The number of thiazole rings is 1. The lowest BCUT2D eigenvalue weighted by molar-refractivity contribution is 0.156. The zero-order chi connectivity index (χ0) is 13.9. The fraction of sp³-hybridized carbons (Fsp3) is 0.750. The maximum absolute atomic E-state index is 12.3. The maximum atomic E-state index is 12.3. The molecule has 1 rings (SSSR count). The first kappa shape index (κ1) is 15.3. The number of rotatable bonds is 5. The van der Waals surface area contributed by atoms with Crippen LogP contribution in [-0.2, 0) is 6.54 Å². The van der Waals surface area contributed by atoms with Crippen LogP contribution in [0.3, 0.4) is 0 Å². The Hall–Kier alpha value is -0.750. The summed E-state index contributed by atoms with van der Waals surface area (Å²) in [5, 5.41) is 4.03. The van der Waals surface area contributed by atoms with Crippen LogP contribution in [-0.4, -0.2) is 30.5 Å². The van der Waals surface area contributed by atoms with Crippen molar-refractivity contribution in [3.63, 3.8) is 0 Å². The molecule has 0 saturated carbocycles. The normalized spacial score (nSPS) is 12.2. The van der Waals surface area contributed by atoms with Gasteiger partial charge in [-0.2, -0.15) is 0 Å². The first-order chi connectivity index (χ1) is 8.19. The standard InChI is InChI=1S/C12H21F2N3S/c1-8-9(6-15-12(2,3)4)18-11(16-8)17(5)7-10(13)14/h10,15H,6-7H2,1-5H3. The molecule has 1 heterocycles. The van der Waals surface area contributed by atoms with Crippen molar-refractivity contribution < 1.29 is 8.78 Å². The van der Waals surface area contributed by atoms with E-state index in [1.165, 1.54) is 16.2 Å². The monoisotopic (exact) mass is 277 g/mol. The second-order valence-corrected chi connectivity index (χ2v) is 6.44. The molecule has 0 fully saturated rings. The smallest absolute Gasteiger partial charge is 0.255 e. The van der Waals surface area contributed by atoms with Crippen molar-refractivity contribution >= 4 is 16.5 Å². The number of aromatic nitrogens is 1. The number of nitrogens with zero attached hydrogens (tertiary/aromatic N) is 2. The Morgan fingerprint density at radius 1 is 1.39 bits per heavy atom.